The molecule has 0 aromatic carbocycles. The van der Waals surface area contributed by atoms with Crippen LogP contribution in [0, 0.1) is 0 Å². The standard InChI is InChI=1S/C14H21N7O/c1-14(2,3)21-7-10(6-17-21)13(22)19-8-11(15)12(9-19)20-5-4-16-18-20/h4-7,11-12H,8-9,15H2,1-3H3/t11-,12+/m1/s1. The minimum absolute atomic E-state index is 0.0379. The van der Waals surface area contributed by atoms with Gasteiger partial charge in [0.25, 0.3) is 5.91 Å². The smallest absolute Gasteiger partial charge is 0.257 e. The summed E-state index contributed by atoms with van der Waals surface area (Å²) in [5.74, 6) is -0.0476. The van der Waals surface area contributed by atoms with Gasteiger partial charge in [-0.2, -0.15) is 5.10 Å². The topological polar surface area (TPSA) is 94.9 Å². The van der Waals surface area contributed by atoms with Gasteiger partial charge < -0.3 is 10.6 Å². The van der Waals surface area contributed by atoms with E-state index in [4.69, 9.17) is 5.73 Å². The Morgan fingerprint density at radius 2 is 2.14 bits per heavy atom. The van der Waals surface area contributed by atoms with E-state index in [9.17, 15) is 4.79 Å². The second-order valence-corrected chi connectivity index (χ2v) is 6.67. The summed E-state index contributed by atoms with van der Waals surface area (Å²) in [6.45, 7) is 7.16. The van der Waals surface area contributed by atoms with Crippen molar-refractivity contribution in [3.05, 3.63) is 30.4 Å². The third-order valence-electron chi connectivity index (χ3n) is 3.92. The Labute approximate surface area is 128 Å². The summed E-state index contributed by atoms with van der Waals surface area (Å²) in [6.07, 6.45) is 6.79. The Morgan fingerprint density at radius 3 is 2.73 bits per heavy atom. The van der Waals surface area contributed by atoms with Gasteiger partial charge in [0.2, 0.25) is 0 Å². The zero-order valence-electron chi connectivity index (χ0n) is 13.0. The molecule has 1 amide bonds. The molecule has 0 spiro atoms. The maximum atomic E-state index is 12.6. The molecule has 0 unspecified atom stereocenters. The zero-order chi connectivity index (χ0) is 15.9. The highest BCUT2D eigenvalue weighted by atomic mass is 16.2. The molecule has 1 aliphatic heterocycles. The van der Waals surface area contributed by atoms with E-state index >= 15 is 0 Å². The second-order valence-electron chi connectivity index (χ2n) is 6.67. The summed E-state index contributed by atoms with van der Waals surface area (Å²) in [7, 11) is 0. The van der Waals surface area contributed by atoms with E-state index in [1.165, 1.54) is 0 Å². The van der Waals surface area contributed by atoms with Gasteiger partial charge in [-0.3, -0.25) is 9.48 Å². The third-order valence-corrected chi connectivity index (χ3v) is 3.92. The summed E-state index contributed by atoms with van der Waals surface area (Å²) in [5, 5.41) is 12.1. The number of carbonyl (C=O) groups is 1. The number of likely N-dealkylation sites (tertiary alicyclic amines) is 1. The molecule has 2 N–H and O–H groups in total. The lowest BCUT2D eigenvalue weighted by atomic mass is 10.1. The monoisotopic (exact) mass is 303 g/mol. The third kappa shape index (κ3) is 2.61. The van der Waals surface area contributed by atoms with Crippen molar-refractivity contribution in [1.29, 1.82) is 0 Å². The van der Waals surface area contributed by atoms with E-state index in [0.717, 1.165) is 0 Å². The van der Waals surface area contributed by atoms with Crippen molar-refractivity contribution in [2.75, 3.05) is 13.1 Å². The molecule has 0 bridgehead atoms. The summed E-state index contributed by atoms with van der Waals surface area (Å²) in [4.78, 5) is 14.4. The van der Waals surface area contributed by atoms with Gasteiger partial charge in [-0.05, 0) is 20.8 Å². The average Bonchev–Trinajstić information content (AvgIpc) is 3.17. The Kier molecular flexibility index (Phi) is 3.48. The lowest BCUT2D eigenvalue weighted by Crippen LogP contribution is -2.32. The summed E-state index contributed by atoms with van der Waals surface area (Å²) in [5.41, 5.74) is 6.58. The molecule has 118 valence electrons. The quantitative estimate of drug-likeness (QED) is 0.858. The van der Waals surface area contributed by atoms with E-state index in [2.05, 4.69) is 15.4 Å². The van der Waals surface area contributed by atoms with E-state index in [1.54, 1.807) is 39.1 Å². The van der Waals surface area contributed by atoms with Crippen LogP contribution in [0.1, 0.15) is 37.2 Å². The van der Waals surface area contributed by atoms with Crippen LogP contribution in [-0.4, -0.2) is 54.7 Å². The van der Waals surface area contributed by atoms with Crippen molar-refractivity contribution in [1.82, 2.24) is 29.7 Å². The zero-order valence-corrected chi connectivity index (χ0v) is 13.0. The van der Waals surface area contributed by atoms with E-state index < -0.39 is 0 Å². The van der Waals surface area contributed by atoms with Crippen LogP contribution >= 0.6 is 0 Å². The minimum Gasteiger partial charge on any atom is -0.335 e. The SMILES string of the molecule is CC(C)(C)n1cc(C(=O)N2C[C@@H](N)[C@@H](n3ccnn3)C2)cn1. The molecule has 0 aliphatic carbocycles. The Bertz CT molecular complexity index is 655. The molecule has 8 heteroatoms. The number of amides is 1. The van der Waals surface area contributed by atoms with E-state index in [0.29, 0.717) is 18.7 Å². The lowest BCUT2D eigenvalue weighted by molar-refractivity contribution is 0.0785. The maximum absolute atomic E-state index is 12.6. The first-order chi connectivity index (χ1) is 10.4. The molecule has 22 heavy (non-hydrogen) atoms. The molecule has 1 saturated heterocycles. The molecular formula is C14H21N7O. The van der Waals surface area contributed by atoms with Crippen LogP contribution in [0.2, 0.25) is 0 Å². The van der Waals surface area contributed by atoms with Crippen LogP contribution in [0.4, 0.5) is 0 Å². The van der Waals surface area contributed by atoms with Gasteiger partial charge in [0.15, 0.2) is 0 Å². The van der Waals surface area contributed by atoms with E-state index in [1.807, 2.05) is 20.8 Å². The van der Waals surface area contributed by atoms with Crippen molar-refractivity contribution < 1.29 is 4.79 Å². The van der Waals surface area contributed by atoms with Crippen LogP contribution in [0.5, 0.6) is 0 Å². The number of carbonyl (C=O) groups excluding carboxylic acids is 1. The van der Waals surface area contributed by atoms with Gasteiger partial charge in [-0.15, -0.1) is 5.10 Å². The minimum atomic E-state index is -0.150. The summed E-state index contributed by atoms with van der Waals surface area (Å²) < 4.78 is 3.52. The fraction of sp³-hybridized carbons (Fsp3) is 0.571. The number of aromatic nitrogens is 5. The largest absolute Gasteiger partial charge is 0.335 e. The molecule has 0 saturated carbocycles. The highest BCUT2D eigenvalue weighted by Gasteiger charge is 2.35. The predicted molar refractivity (Wildman–Crippen MR) is 80.2 cm³/mol. The number of nitrogens with two attached hydrogens (primary N) is 1. The fourth-order valence-electron chi connectivity index (χ4n) is 2.63. The molecule has 2 aromatic rings. The normalized spacial score (nSPS) is 22.3. The average molecular weight is 303 g/mol. The van der Waals surface area contributed by atoms with Gasteiger partial charge >= 0.3 is 0 Å². The Hall–Kier alpha value is -2.22. The number of nitrogens with zero attached hydrogens (tertiary/aromatic N) is 6. The van der Waals surface area contributed by atoms with Crippen LogP contribution in [0.3, 0.4) is 0 Å². The molecule has 2 atom stereocenters. The van der Waals surface area contributed by atoms with Crippen molar-refractivity contribution in [3.8, 4) is 0 Å². The predicted octanol–water partition coefficient (Wildman–Crippen LogP) is 0.254. The maximum Gasteiger partial charge on any atom is 0.257 e. The highest BCUT2D eigenvalue weighted by molar-refractivity contribution is 5.94. The first kappa shape index (κ1) is 14.7. The van der Waals surface area contributed by atoms with E-state index in [-0.39, 0.29) is 23.5 Å². The van der Waals surface area contributed by atoms with Gasteiger partial charge in [0.05, 0.1) is 29.5 Å². The van der Waals surface area contributed by atoms with Crippen LogP contribution in [0.15, 0.2) is 24.8 Å². The molecule has 0 radical (unpaired) electrons. The highest BCUT2D eigenvalue weighted by Crippen LogP contribution is 2.22. The molecule has 1 aliphatic rings. The lowest BCUT2D eigenvalue weighted by Gasteiger charge is -2.19. The first-order valence-electron chi connectivity index (χ1n) is 7.32. The van der Waals surface area contributed by atoms with Gasteiger partial charge in [-0.1, -0.05) is 5.21 Å². The van der Waals surface area contributed by atoms with Crippen molar-refractivity contribution in [2.45, 2.75) is 38.4 Å². The summed E-state index contributed by atoms with van der Waals surface area (Å²) in [6, 6.07) is -0.188. The van der Waals surface area contributed by atoms with Crippen molar-refractivity contribution in [2.24, 2.45) is 5.73 Å². The van der Waals surface area contributed by atoms with Crippen molar-refractivity contribution in [3.63, 3.8) is 0 Å². The Balaban J connectivity index is 1.75. The molecule has 3 heterocycles. The van der Waals surface area contributed by atoms with Gasteiger partial charge in [0, 0.05) is 31.5 Å². The van der Waals surface area contributed by atoms with Crippen LogP contribution in [-0.2, 0) is 5.54 Å². The number of rotatable bonds is 2. The second kappa shape index (κ2) is 5.20. The molecule has 2 aromatic heterocycles. The van der Waals surface area contributed by atoms with Gasteiger partial charge in [0.1, 0.15) is 0 Å². The van der Waals surface area contributed by atoms with Crippen LogP contribution < -0.4 is 5.73 Å². The van der Waals surface area contributed by atoms with Crippen molar-refractivity contribution >= 4 is 5.91 Å². The summed E-state index contributed by atoms with van der Waals surface area (Å²) >= 11 is 0. The number of hydrogen-bond acceptors (Lipinski definition) is 5. The van der Waals surface area contributed by atoms with Gasteiger partial charge in [-0.25, -0.2) is 4.68 Å². The van der Waals surface area contributed by atoms with Crippen LogP contribution in [0.25, 0.3) is 0 Å². The first-order valence-corrected chi connectivity index (χ1v) is 7.32. The Morgan fingerprint density at radius 1 is 1.36 bits per heavy atom. The molecule has 1 fully saturated rings. The fourth-order valence-corrected chi connectivity index (χ4v) is 2.63. The molecule has 3 rings (SSSR count). The number of hydrogen-bond donors (Lipinski definition) is 1. The molecular weight excluding hydrogens is 282 g/mol. The molecule has 8 nitrogen and oxygen atoms in total.